The summed E-state index contributed by atoms with van der Waals surface area (Å²) in [4.78, 5) is 21.4. The number of carbonyl (C=O) groups excluding carboxylic acids is 1. The van der Waals surface area contributed by atoms with Crippen molar-refractivity contribution in [2.75, 3.05) is 0 Å². The van der Waals surface area contributed by atoms with Gasteiger partial charge in [0, 0.05) is 6.42 Å². The van der Waals surface area contributed by atoms with Crippen molar-refractivity contribution in [1.29, 1.82) is 0 Å². The van der Waals surface area contributed by atoms with Gasteiger partial charge >= 0.3 is 5.97 Å². The van der Waals surface area contributed by atoms with Gasteiger partial charge in [-0.2, -0.15) is 25.3 Å². The molecule has 0 heterocycles. The van der Waals surface area contributed by atoms with Crippen LogP contribution in [0.2, 0.25) is 0 Å². The smallest absolute Gasteiger partial charge is 0.325 e. The number of carbonyl (C=O) groups is 2. The number of carboxylic acids is 1. The van der Waals surface area contributed by atoms with E-state index < -0.39 is 16.1 Å². The van der Waals surface area contributed by atoms with Crippen LogP contribution in [-0.2, 0) is 9.59 Å². The Labute approximate surface area is 87.9 Å². The van der Waals surface area contributed by atoms with Crippen LogP contribution in [0, 0.1) is 0 Å². The first kappa shape index (κ1) is 12.6. The minimum atomic E-state index is -1.06. The molecule has 6 heteroatoms. The van der Waals surface area contributed by atoms with Crippen molar-refractivity contribution < 1.29 is 14.7 Å². The van der Waals surface area contributed by atoms with Gasteiger partial charge in [-0.25, -0.2) is 0 Å². The Bertz CT molecular complexity index is 212. The molecule has 0 unspecified atom stereocenters. The molecule has 4 nitrogen and oxygen atoms in total. The summed E-state index contributed by atoms with van der Waals surface area (Å²) in [5.41, 5.74) is 0. The second-order valence-electron chi connectivity index (χ2n) is 3.02. The summed E-state index contributed by atoms with van der Waals surface area (Å²) in [6.45, 7) is 3.05. The fourth-order valence-electron chi connectivity index (χ4n) is 0.658. The van der Waals surface area contributed by atoms with Gasteiger partial charge in [0.2, 0.25) is 5.91 Å². The molecule has 0 spiro atoms. The van der Waals surface area contributed by atoms with E-state index >= 15 is 0 Å². The molecule has 76 valence electrons. The number of hydrogen-bond donors (Lipinski definition) is 4. The van der Waals surface area contributed by atoms with Gasteiger partial charge in [0.25, 0.3) is 0 Å². The number of rotatable bonds is 4. The lowest BCUT2D eigenvalue weighted by Gasteiger charge is -2.16. The Balaban J connectivity index is 3.96. The Morgan fingerprint density at radius 1 is 1.54 bits per heavy atom. The van der Waals surface area contributed by atoms with Crippen LogP contribution in [0.25, 0.3) is 0 Å². The van der Waals surface area contributed by atoms with E-state index in [1.54, 1.807) is 6.92 Å². The number of aliphatic carboxylic acids is 1. The SMILES string of the molecule is C[C@H](NC(=O)CC(C)(S)S)C(=O)O. The monoisotopic (exact) mass is 223 g/mol. The zero-order chi connectivity index (χ0) is 10.6. The second-order valence-corrected chi connectivity index (χ2v) is 5.35. The standard InChI is InChI=1S/C7H13NO3S2/c1-4(6(10)11)8-5(9)3-7(2,12)13/h4,12-13H,3H2,1-2H3,(H,8,9)(H,10,11)/t4-/m0/s1. The van der Waals surface area contributed by atoms with Crippen molar-refractivity contribution in [3.8, 4) is 0 Å². The van der Waals surface area contributed by atoms with Crippen LogP contribution >= 0.6 is 25.3 Å². The maximum atomic E-state index is 11.1. The molecule has 0 aliphatic heterocycles. The molecule has 0 bridgehead atoms. The Hall–Kier alpha value is -0.360. The fraction of sp³-hybridized carbons (Fsp3) is 0.714. The molecule has 0 aliphatic carbocycles. The van der Waals surface area contributed by atoms with Gasteiger partial charge in [0.15, 0.2) is 0 Å². The van der Waals surface area contributed by atoms with Crippen LogP contribution in [0.3, 0.4) is 0 Å². The first-order valence-electron chi connectivity index (χ1n) is 3.69. The number of carboxylic acid groups (broad SMARTS) is 1. The molecule has 0 fully saturated rings. The summed E-state index contributed by atoms with van der Waals surface area (Å²) in [7, 11) is 0. The van der Waals surface area contributed by atoms with E-state index in [1.165, 1.54) is 6.92 Å². The third kappa shape index (κ3) is 6.77. The van der Waals surface area contributed by atoms with Gasteiger partial charge in [-0.3, -0.25) is 9.59 Å². The molecule has 0 aromatic heterocycles. The lowest BCUT2D eigenvalue weighted by atomic mass is 10.2. The molecule has 0 radical (unpaired) electrons. The van der Waals surface area contributed by atoms with Gasteiger partial charge in [0.05, 0.1) is 4.08 Å². The topological polar surface area (TPSA) is 66.4 Å². The van der Waals surface area contributed by atoms with Crippen LogP contribution in [0.5, 0.6) is 0 Å². The predicted molar refractivity (Wildman–Crippen MR) is 56.2 cm³/mol. The van der Waals surface area contributed by atoms with Crippen LogP contribution in [0.1, 0.15) is 20.3 Å². The number of nitrogens with one attached hydrogen (secondary N) is 1. The van der Waals surface area contributed by atoms with Crippen LogP contribution in [0.4, 0.5) is 0 Å². The van der Waals surface area contributed by atoms with Crippen molar-refractivity contribution in [3.05, 3.63) is 0 Å². The fourth-order valence-corrected chi connectivity index (χ4v) is 0.946. The average Bonchev–Trinajstić information content (AvgIpc) is 1.81. The zero-order valence-electron chi connectivity index (χ0n) is 7.44. The van der Waals surface area contributed by atoms with E-state index in [1.807, 2.05) is 0 Å². The minimum absolute atomic E-state index is 0.0663. The maximum Gasteiger partial charge on any atom is 0.325 e. The van der Waals surface area contributed by atoms with Gasteiger partial charge in [-0.15, -0.1) is 0 Å². The first-order valence-corrected chi connectivity index (χ1v) is 4.59. The third-order valence-corrected chi connectivity index (χ3v) is 1.56. The first-order chi connectivity index (χ1) is 5.72. The zero-order valence-corrected chi connectivity index (χ0v) is 9.23. The molecule has 0 aromatic rings. The highest BCUT2D eigenvalue weighted by Crippen LogP contribution is 2.22. The van der Waals surface area contributed by atoms with E-state index in [0.717, 1.165) is 0 Å². The normalized spacial score (nSPS) is 13.5. The van der Waals surface area contributed by atoms with Gasteiger partial charge in [0.1, 0.15) is 6.04 Å². The molecule has 0 saturated carbocycles. The molecule has 13 heavy (non-hydrogen) atoms. The molecular formula is C7H13NO3S2. The van der Waals surface area contributed by atoms with Crippen molar-refractivity contribution in [3.63, 3.8) is 0 Å². The quantitative estimate of drug-likeness (QED) is 0.415. The molecule has 1 atom stereocenters. The highest BCUT2D eigenvalue weighted by atomic mass is 32.2. The van der Waals surface area contributed by atoms with Crippen molar-refractivity contribution in [2.45, 2.75) is 30.4 Å². The summed E-state index contributed by atoms with van der Waals surface area (Å²) in [5.74, 6) is -1.43. The maximum absolute atomic E-state index is 11.1. The third-order valence-electron chi connectivity index (χ3n) is 1.24. The van der Waals surface area contributed by atoms with E-state index in [2.05, 4.69) is 30.6 Å². The summed E-state index contributed by atoms with van der Waals surface area (Å²) < 4.78 is -0.720. The number of amides is 1. The molecule has 0 rings (SSSR count). The summed E-state index contributed by atoms with van der Waals surface area (Å²) in [6, 6.07) is -0.878. The lowest BCUT2D eigenvalue weighted by molar-refractivity contribution is -0.141. The molecular weight excluding hydrogens is 210 g/mol. The van der Waals surface area contributed by atoms with Crippen LogP contribution in [-0.4, -0.2) is 27.1 Å². The van der Waals surface area contributed by atoms with E-state index in [4.69, 9.17) is 5.11 Å². The van der Waals surface area contributed by atoms with Gasteiger partial charge < -0.3 is 10.4 Å². The van der Waals surface area contributed by atoms with Crippen molar-refractivity contribution in [1.82, 2.24) is 5.32 Å². The Kier molecular flexibility index (Phi) is 4.63. The number of thiol groups is 2. The van der Waals surface area contributed by atoms with Gasteiger partial charge in [-0.1, -0.05) is 0 Å². The summed E-state index contributed by atoms with van der Waals surface area (Å²) >= 11 is 8.05. The highest BCUT2D eigenvalue weighted by Gasteiger charge is 2.20. The molecule has 0 aromatic carbocycles. The lowest BCUT2D eigenvalue weighted by Crippen LogP contribution is -2.40. The molecule has 0 saturated heterocycles. The summed E-state index contributed by atoms with van der Waals surface area (Å²) in [5, 5.41) is 10.8. The van der Waals surface area contributed by atoms with Crippen molar-refractivity contribution in [2.24, 2.45) is 0 Å². The van der Waals surface area contributed by atoms with E-state index in [0.29, 0.717) is 0 Å². The highest BCUT2D eigenvalue weighted by molar-refractivity contribution is 8.00. The largest absolute Gasteiger partial charge is 0.480 e. The van der Waals surface area contributed by atoms with E-state index in [-0.39, 0.29) is 12.3 Å². The molecule has 1 amide bonds. The van der Waals surface area contributed by atoms with Crippen LogP contribution < -0.4 is 5.32 Å². The van der Waals surface area contributed by atoms with Crippen molar-refractivity contribution >= 4 is 37.1 Å². The molecule has 2 N–H and O–H groups in total. The second kappa shape index (κ2) is 4.76. The van der Waals surface area contributed by atoms with Crippen LogP contribution in [0.15, 0.2) is 0 Å². The average molecular weight is 223 g/mol. The van der Waals surface area contributed by atoms with E-state index in [9.17, 15) is 9.59 Å². The predicted octanol–water partition coefficient (Wildman–Crippen LogP) is 0.542. The minimum Gasteiger partial charge on any atom is -0.480 e. The molecule has 0 aliphatic rings. The Morgan fingerprint density at radius 3 is 2.31 bits per heavy atom. The van der Waals surface area contributed by atoms with Gasteiger partial charge in [-0.05, 0) is 13.8 Å². The number of hydrogen-bond acceptors (Lipinski definition) is 4. The Morgan fingerprint density at radius 2 is 2.00 bits per heavy atom. The summed E-state index contributed by atoms with van der Waals surface area (Å²) in [6.07, 6.45) is 0.0663.